The summed E-state index contributed by atoms with van der Waals surface area (Å²) < 4.78 is 0.743. The normalized spacial score (nSPS) is 20.6. The minimum Gasteiger partial charge on any atom is -0.346 e. The molecule has 1 aromatic carbocycles. The minimum atomic E-state index is 0.0414. The molecule has 2 fully saturated rings. The first-order chi connectivity index (χ1) is 10.3. The number of hydrogen-bond acceptors (Lipinski definition) is 2. The molecule has 2 nitrogen and oxygen atoms in total. The molecule has 0 radical (unpaired) electrons. The molecular formula is C18H20N2S. The van der Waals surface area contributed by atoms with Gasteiger partial charge in [0.05, 0.1) is 5.41 Å². The van der Waals surface area contributed by atoms with Gasteiger partial charge in [0.2, 0.25) is 0 Å². The highest BCUT2D eigenvalue weighted by Crippen LogP contribution is 2.46. The molecule has 0 amide bonds. The van der Waals surface area contributed by atoms with Crippen LogP contribution in [-0.4, -0.2) is 9.97 Å². The highest BCUT2D eigenvalue weighted by atomic mass is 32.1. The summed E-state index contributed by atoms with van der Waals surface area (Å²) in [6.07, 6.45) is 7.45. The van der Waals surface area contributed by atoms with E-state index in [1.807, 2.05) is 0 Å². The van der Waals surface area contributed by atoms with E-state index in [1.54, 1.807) is 0 Å². The Balaban J connectivity index is 1.86. The van der Waals surface area contributed by atoms with Crippen LogP contribution in [0.15, 0.2) is 36.4 Å². The van der Waals surface area contributed by atoms with Gasteiger partial charge in [0.25, 0.3) is 0 Å². The average Bonchev–Trinajstić information content (AvgIpc) is 3.25. The maximum absolute atomic E-state index is 5.44. The Kier molecular flexibility index (Phi) is 3.18. The molecule has 0 spiro atoms. The number of hydrogen-bond donors (Lipinski definition) is 1. The molecule has 1 heterocycles. The molecule has 3 heteroatoms. The summed E-state index contributed by atoms with van der Waals surface area (Å²) in [6, 6.07) is 12.9. The molecule has 4 rings (SSSR count). The largest absolute Gasteiger partial charge is 0.346 e. The standard InChI is InChI=1S/C18H20N2S/c21-16-12-15(13-8-9-13)19-17(20-16)18(10-4-5-11-18)14-6-2-1-3-7-14/h1-3,6-7,12-13H,4-5,8-11H2,(H,19,20,21). The maximum Gasteiger partial charge on any atom is 0.130 e. The van der Waals surface area contributed by atoms with Crippen LogP contribution in [0.4, 0.5) is 0 Å². The van der Waals surface area contributed by atoms with Crippen LogP contribution in [-0.2, 0) is 5.41 Å². The van der Waals surface area contributed by atoms with E-state index in [1.165, 1.54) is 49.8 Å². The first kappa shape index (κ1) is 13.2. The van der Waals surface area contributed by atoms with Crippen molar-refractivity contribution in [1.82, 2.24) is 9.97 Å². The number of rotatable bonds is 3. The second-order valence-electron chi connectivity index (χ2n) is 6.45. The summed E-state index contributed by atoms with van der Waals surface area (Å²) >= 11 is 5.44. The number of nitrogens with one attached hydrogen (secondary N) is 1. The molecule has 2 saturated carbocycles. The highest BCUT2D eigenvalue weighted by molar-refractivity contribution is 7.71. The summed E-state index contributed by atoms with van der Waals surface area (Å²) in [5.74, 6) is 1.78. The summed E-state index contributed by atoms with van der Waals surface area (Å²) in [5, 5.41) is 0. The second-order valence-corrected chi connectivity index (χ2v) is 6.87. The van der Waals surface area contributed by atoms with Crippen LogP contribution >= 0.6 is 12.2 Å². The predicted molar refractivity (Wildman–Crippen MR) is 87.1 cm³/mol. The Labute approximate surface area is 130 Å². The van der Waals surface area contributed by atoms with E-state index in [4.69, 9.17) is 17.2 Å². The number of H-pyrrole nitrogens is 1. The maximum atomic E-state index is 5.44. The van der Waals surface area contributed by atoms with Crippen molar-refractivity contribution in [3.05, 3.63) is 58.1 Å². The average molecular weight is 296 g/mol. The van der Waals surface area contributed by atoms with Crippen LogP contribution in [0.3, 0.4) is 0 Å². The number of aromatic amines is 1. The third kappa shape index (κ3) is 2.34. The van der Waals surface area contributed by atoms with E-state index in [0.29, 0.717) is 5.92 Å². The molecule has 2 aliphatic carbocycles. The molecule has 0 unspecified atom stereocenters. The van der Waals surface area contributed by atoms with E-state index in [0.717, 1.165) is 10.5 Å². The van der Waals surface area contributed by atoms with E-state index in [-0.39, 0.29) is 5.41 Å². The third-order valence-corrected chi connectivity index (χ3v) is 5.23. The molecule has 2 aromatic rings. The van der Waals surface area contributed by atoms with Gasteiger partial charge >= 0.3 is 0 Å². The molecule has 0 atom stereocenters. The van der Waals surface area contributed by atoms with Gasteiger partial charge < -0.3 is 4.98 Å². The lowest BCUT2D eigenvalue weighted by Crippen LogP contribution is -2.27. The van der Waals surface area contributed by atoms with Crippen LogP contribution in [0.2, 0.25) is 0 Å². The van der Waals surface area contributed by atoms with Crippen LogP contribution < -0.4 is 0 Å². The van der Waals surface area contributed by atoms with E-state index < -0.39 is 0 Å². The number of nitrogens with zero attached hydrogens (tertiary/aromatic N) is 1. The zero-order valence-electron chi connectivity index (χ0n) is 12.1. The quantitative estimate of drug-likeness (QED) is 0.818. The summed E-state index contributed by atoms with van der Waals surface area (Å²) in [5.41, 5.74) is 2.72. The van der Waals surface area contributed by atoms with Gasteiger partial charge in [-0.25, -0.2) is 4.98 Å². The first-order valence-electron chi connectivity index (χ1n) is 7.95. The Hall–Kier alpha value is -1.48. The monoisotopic (exact) mass is 296 g/mol. The van der Waals surface area contributed by atoms with Crippen molar-refractivity contribution in [3.63, 3.8) is 0 Å². The Morgan fingerprint density at radius 3 is 2.48 bits per heavy atom. The van der Waals surface area contributed by atoms with E-state index in [2.05, 4.69) is 41.4 Å². The second kappa shape index (κ2) is 5.06. The van der Waals surface area contributed by atoms with Gasteiger partial charge in [-0.05, 0) is 43.2 Å². The molecular weight excluding hydrogens is 276 g/mol. The Bertz CT molecular complexity index is 695. The van der Waals surface area contributed by atoms with Gasteiger partial charge in [-0.3, -0.25) is 0 Å². The van der Waals surface area contributed by atoms with E-state index >= 15 is 0 Å². The molecule has 1 aromatic heterocycles. The van der Waals surface area contributed by atoms with Crippen molar-refractivity contribution in [2.45, 2.75) is 49.9 Å². The van der Waals surface area contributed by atoms with Crippen molar-refractivity contribution in [3.8, 4) is 0 Å². The van der Waals surface area contributed by atoms with E-state index in [9.17, 15) is 0 Å². The van der Waals surface area contributed by atoms with Crippen LogP contribution in [0, 0.1) is 4.64 Å². The molecule has 0 aliphatic heterocycles. The van der Waals surface area contributed by atoms with Gasteiger partial charge in [-0.15, -0.1) is 0 Å². The fourth-order valence-corrected chi connectivity index (χ4v) is 3.93. The van der Waals surface area contributed by atoms with Crippen molar-refractivity contribution < 1.29 is 0 Å². The van der Waals surface area contributed by atoms with Crippen LogP contribution in [0.1, 0.15) is 61.5 Å². The van der Waals surface area contributed by atoms with Crippen LogP contribution in [0.5, 0.6) is 0 Å². The van der Waals surface area contributed by atoms with Gasteiger partial charge in [-0.1, -0.05) is 55.4 Å². The fourth-order valence-electron chi connectivity index (χ4n) is 3.72. The molecule has 1 N–H and O–H groups in total. The molecule has 108 valence electrons. The minimum absolute atomic E-state index is 0.0414. The van der Waals surface area contributed by atoms with Gasteiger partial charge in [0.1, 0.15) is 10.5 Å². The molecule has 2 aliphatic rings. The summed E-state index contributed by atoms with van der Waals surface area (Å²) in [6.45, 7) is 0. The zero-order valence-corrected chi connectivity index (χ0v) is 13.0. The summed E-state index contributed by atoms with van der Waals surface area (Å²) in [7, 11) is 0. The molecule has 21 heavy (non-hydrogen) atoms. The number of aromatic nitrogens is 2. The van der Waals surface area contributed by atoms with Crippen LogP contribution in [0.25, 0.3) is 0 Å². The highest BCUT2D eigenvalue weighted by Gasteiger charge is 2.40. The zero-order chi connectivity index (χ0) is 14.3. The molecule has 0 bridgehead atoms. The predicted octanol–water partition coefficient (Wildman–Crippen LogP) is 4.88. The van der Waals surface area contributed by atoms with Gasteiger partial charge in [0, 0.05) is 5.69 Å². The van der Waals surface area contributed by atoms with Crippen molar-refractivity contribution >= 4 is 12.2 Å². The van der Waals surface area contributed by atoms with Crippen molar-refractivity contribution in [2.75, 3.05) is 0 Å². The Morgan fingerprint density at radius 2 is 1.81 bits per heavy atom. The van der Waals surface area contributed by atoms with Gasteiger partial charge in [-0.2, -0.15) is 0 Å². The Morgan fingerprint density at radius 1 is 1.10 bits per heavy atom. The SMILES string of the molecule is S=c1cc(C2CC2)[nH]c(C2(c3ccccc3)CCCC2)n1. The summed E-state index contributed by atoms with van der Waals surface area (Å²) in [4.78, 5) is 8.38. The smallest absolute Gasteiger partial charge is 0.130 e. The lowest BCUT2D eigenvalue weighted by atomic mass is 9.78. The lowest BCUT2D eigenvalue weighted by molar-refractivity contribution is 0.495. The van der Waals surface area contributed by atoms with Crippen molar-refractivity contribution in [2.24, 2.45) is 0 Å². The first-order valence-corrected chi connectivity index (χ1v) is 8.36. The topological polar surface area (TPSA) is 28.7 Å². The molecule has 0 saturated heterocycles. The lowest BCUT2D eigenvalue weighted by Gasteiger charge is -2.29. The van der Waals surface area contributed by atoms with Gasteiger partial charge in [0.15, 0.2) is 0 Å². The number of benzene rings is 1. The van der Waals surface area contributed by atoms with Crippen molar-refractivity contribution in [1.29, 1.82) is 0 Å². The fraction of sp³-hybridized carbons (Fsp3) is 0.444. The third-order valence-electron chi connectivity index (χ3n) is 5.02.